The quantitative estimate of drug-likeness (QED) is 0.557. The van der Waals surface area contributed by atoms with Crippen LogP contribution in [0.1, 0.15) is 16.1 Å². The number of aryl methyl sites for hydroxylation is 1. The molecule has 152 valence electrons. The topological polar surface area (TPSA) is 46.9 Å². The Labute approximate surface area is 166 Å². The summed E-state index contributed by atoms with van der Waals surface area (Å²) in [5.41, 5.74) is -1.59. The summed E-state index contributed by atoms with van der Waals surface area (Å²) in [4.78, 5) is 12.6. The van der Waals surface area contributed by atoms with Crippen LogP contribution in [0, 0.1) is 11.6 Å². The average Bonchev–Trinajstić information content (AvgIpc) is 3.08. The molecular formula is C19H13ClF5N3O. The maximum Gasteiger partial charge on any atom is 0.320 e. The van der Waals surface area contributed by atoms with Crippen molar-refractivity contribution < 1.29 is 26.7 Å². The van der Waals surface area contributed by atoms with Gasteiger partial charge in [-0.05, 0) is 23.8 Å². The number of nitrogens with one attached hydrogen (secondary N) is 1. The highest BCUT2D eigenvalue weighted by Crippen LogP contribution is 2.34. The minimum absolute atomic E-state index is 0.142. The SMILES string of the molecule is Cn1cc(C(=O)Nc2c(F)cccc2-c2ccc(F)c(Cl)c2)c(C(F)(F)CF)n1. The van der Waals surface area contributed by atoms with Crippen LogP contribution in [0.15, 0.2) is 42.6 Å². The molecule has 3 rings (SSSR count). The summed E-state index contributed by atoms with van der Waals surface area (Å²) in [5.74, 6) is -6.65. The fourth-order valence-electron chi connectivity index (χ4n) is 2.72. The van der Waals surface area contributed by atoms with Gasteiger partial charge >= 0.3 is 5.92 Å². The van der Waals surface area contributed by atoms with Crippen molar-refractivity contribution in [1.82, 2.24) is 9.78 Å². The molecule has 1 heterocycles. The van der Waals surface area contributed by atoms with E-state index in [-0.39, 0.29) is 21.8 Å². The molecular weight excluding hydrogens is 417 g/mol. The second-order valence-electron chi connectivity index (χ2n) is 6.15. The van der Waals surface area contributed by atoms with Crippen LogP contribution in [-0.2, 0) is 13.0 Å². The van der Waals surface area contributed by atoms with E-state index in [9.17, 15) is 26.7 Å². The van der Waals surface area contributed by atoms with Crippen LogP contribution in [0.4, 0.5) is 27.6 Å². The molecule has 0 spiro atoms. The monoisotopic (exact) mass is 429 g/mol. The Morgan fingerprint density at radius 2 is 1.93 bits per heavy atom. The molecule has 0 radical (unpaired) electrons. The number of rotatable bonds is 5. The van der Waals surface area contributed by atoms with Gasteiger partial charge in [0.2, 0.25) is 0 Å². The molecule has 0 unspecified atom stereocenters. The van der Waals surface area contributed by atoms with Gasteiger partial charge in [0.15, 0.2) is 6.67 Å². The number of carbonyl (C=O) groups is 1. The van der Waals surface area contributed by atoms with Gasteiger partial charge in [-0.15, -0.1) is 0 Å². The third-order valence-corrected chi connectivity index (χ3v) is 4.36. The zero-order chi connectivity index (χ0) is 21.3. The van der Waals surface area contributed by atoms with Gasteiger partial charge in [0, 0.05) is 18.8 Å². The van der Waals surface area contributed by atoms with Crippen LogP contribution < -0.4 is 5.32 Å². The molecule has 0 aliphatic heterocycles. The summed E-state index contributed by atoms with van der Waals surface area (Å²) in [6, 6.07) is 7.44. The molecule has 1 amide bonds. The van der Waals surface area contributed by atoms with E-state index < -0.39 is 41.4 Å². The second kappa shape index (κ2) is 7.82. The molecule has 10 heteroatoms. The van der Waals surface area contributed by atoms with Crippen LogP contribution in [-0.4, -0.2) is 22.4 Å². The van der Waals surface area contributed by atoms with Gasteiger partial charge < -0.3 is 5.32 Å². The van der Waals surface area contributed by atoms with E-state index in [1.807, 2.05) is 0 Å². The molecule has 0 fully saturated rings. The van der Waals surface area contributed by atoms with Crippen molar-refractivity contribution in [1.29, 1.82) is 0 Å². The summed E-state index contributed by atoms with van der Waals surface area (Å²) in [6.07, 6.45) is 0.976. The Kier molecular flexibility index (Phi) is 5.61. The molecule has 2 aromatic carbocycles. The number of halogens is 6. The van der Waals surface area contributed by atoms with Crippen molar-refractivity contribution in [2.24, 2.45) is 7.05 Å². The highest BCUT2D eigenvalue weighted by Gasteiger charge is 2.39. The van der Waals surface area contributed by atoms with Gasteiger partial charge in [-0.2, -0.15) is 13.9 Å². The number of hydrogen-bond donors (Lipinski definition) is 1. The summed E-state index contributed by atoms with van der Waals surface area (Å²) in [6.45, 7) is -2.05. The average molecular weight is 430 g/mol. The summed E-state index contributed by atoms with van der Waals surface area (Å²) in [5, 5.41) is 5.45. The summed E-state index contributed by atoms with van der Waals surface area (Å²) >= 11 is 5.76. The zero-order valence-corrected chi connectivity index (χ0v) is 15.6. The van der Waals surface area contributed by atoms with Crippen LogP contribution in [0.2, 0.25) is 5.02 Å². The molecule has 29 heavy (non-hydrogen) atoms. The van der Waals surface area contributed by atoms with Crippen molar-refractivity contribution in [3.8, 4) is 11.1 Å². The lowest BCUT2D eigenvalue weighted by molar-refractivity contribution is -0.0331. The number of para-hydroxylation sites is 1. The molecule has 0 saturated carbocycles. The number of aromatic nitrogens is 2. The normalized spacial score (nSPS) is 11.6. The molecule has 0 aliphatic rings. The van der Waals surface area contributed by atoms with E-state index in [0.29, 0.717) is 0 Å². The minimum atomic E-state index is -3.99. The first kappa shape index (κ1) is 20.8. The molecule has 0 atom stereocenters. The molecule has 0 saturated heterocycles. The van der Waals surface area contributed by atoms with Gasteiger partial charge in [-0.25, -0.2) is 13.2 Å². The number of nitrogens with zero attached hydrogens (tertiary/aromatic N) is 2. The van der Waals surface area contributed by atoms with Gasteiger partial charge in [0.25, 0.3) is 5.91 Å². The van der Waals surface area contributed by atoms with Gasteiger partial charge in [0.05, 0.1) is 16.3 Å². The van der Waals surface area contributed by atoms with Crippen LogP contribution in [0.25, 0.3) is 11.1 Å². The van der Waals surface area contributed by atoms with Gasteiger partial charge in [-0.1, -0.05) is 29.8 Å². The lowest BCUT2D eigenvalue weighted by Gasteiger charge is -2.14. The molecule has 0 bridgehead atoms. The Bertz CT molecular complexity index is 1080. The Morgan fingerprint density at radius 3 is 2.59 bits per heavy atom. The third kappa shape index (κ3) is 4.09. The smallest absolute Gasteiger partial charge is 0.319 e. The van der Waals surface area contributed by atoms with Crippen molar-refractivity contribution >= 4 is 23.2 Å². The fourth-order valence-corrected chi connectivity index (χ4v) is 2.90. The number of benzene rings is 2. The lowest BCUT2D eigenvalue weighted by Crippen LogP contribution is -2.23. The first-order valence-corrected chi connectivity index (χ1v) is 8.55. The van der Waals surface area contributed by atoms with E-state index in [4.69, 9.17) is 11.6 Å². The van der Waals surface area contributed by atoms with Crippen LogP contribution in [0.3, 0.4) is 0 Å². The van der Waals surface area contributed by atoms with E-state index in [0.717, 1.165) is 23.0 Å². The van der Waals surface area contributed by atoms with Crippen molar-refractivity contribution in [3.05, 3.63) is 70.5 Å². The molecule has 3 aromatic rings. The van der Waals surface area contributed by atoms with Crippen LogP contribution in [0.5, 0.6) is 0 Å². The molecule has 0 aliphatic carbocycles. The number of hydrogen-bond acceptors (Lipinski definition) is 2. The van der Waals surface area contributed by atoms with E-state index in [2.05, 4.69) is 10.4 Å². The largest absolute Gasteiger partial charge is 0.320 e. The summed E-state index contributed by atoms with van der Waals surface area (Å²) in [7, 11) is 1.28. The highest BCUT2D eigenvalue weighted by molar-refractivity contribution is 6.31. The number of alkyl halides is 3. The Hall–Kier alpha value is -2.94. The second-order valence-corrected chi connectivity index (χ2v) is 6.56. The Morgan fingerprint density at radius 1 is 1.21 bits per heavy atom. The zero-order valence-electron chi connectivity index (χ0n) is 14.8. The standard InChI is InChI=1S/C19H13ClF5N3O/c1-28-8-12(17(27-28)19(24,25)9-21)18(29)26-16-11(3-2-4-15(16)23)10-5-6-14(22)13(20)7-10/h2-8H,9H2,1H3,(H,26,29). The fraction of sp³-hybridized carbons (Fsp3) is 0.158. The van der Waals surface area contributed by atoms with E-state index >= 15 is 0 Å². The number of amides is 1. The number of anilines is 1. The molecule has 1 aromatic heterocycles. The Balaban J connectivity index is 2.04. The van der Waals surface area contributed by atoms with Gasteiger partial charge in [-0.3, -0.25) is 9.48 Å². The third-order valence-electron chi connectivity index (χ3n) is 4.07. The van der Waals surface area contributed by atoms with Crippen molar-refractivity contribution in [2.45, 2.75) is 5.92 Å². The van der Waals surface area contributed by atoms with Crippen molar-refractivity contribution in [2.75, 3.05) is 12.0 Å². The predicted octanol–water partition coefficient (Wildman–Crippen LogP) is 5.33. The molecule has 4 nitrogen and oxygen atoms in total. The molecule has 1 N–H and O–H groups in total. The van der Waals surface area contributed by atoms with Crippen molar-refractivity contribution in [3.63, 3.8) is 0 Å². The first-order valence-electron chi connectivity index (χ1n) is 8.17. The predicted molar refractivity (Wildman–Crippen MR) is 97.8 cm³/mol. The summed E-state index contributed by atoms with van der Waals surface area (Å²) < 4.78 is 69.1. The van der Waals surface area contributed by atoms with Gasteiger partial charge in [0.1, 0.15) is 17.3 Å². The number of carbonyl (C=O) groups excluding carboxylic acids is 1. The minimum Gasteiger partial charge on any atom is -0.319 e. The van der Waals surface area contributed by atoms with E-state index in [1.54, 1.807) is 0 Å². The first-order chi connectivity index (χ1) is 13.6. The maximum atomic E-state index is 14.4. The van der Waals surface area contributed by atoms with E-state index in [1.165, 1.54) is 31.3 Å². The lowest BCUT2D eigenvalue weighted by atomic mass is 10.0. The maximum absolute atomic E-state index is 14.4. The van der Waals surface area contributed by atoms with Crippen LogP contribution >= 0.6 is 11.6 Å². The highest BCUT2D eigenvalue weighted by atomic mass is 35.5.